The Bertz CT molecular complexity index is 979. The number of methoxy groups -OCH3 is 1. The molecule has 0 bridgehead atoms. The van der Waals surface area contributed by atoms with Crippen molar-refractivity contribution in [2.75, 3.05) is 7.11 Å². The number of aryl methyl sites for hydroxylation is 1. The van der Waals surface area contributed by atoms with Crippen LogP contribution in [0.4, 0.5) is 0 Å². The Morgan fingerprint density at radius 3 is 2.46 bits per heavy atom. The number of carbonyl (C=O) groups excluding carboxylic acids is 1. The van der Waals surface area contributed by atoms with E-state index >= 15 is 0 Å². The third kappa shape index (κ3) is 4.40. The second-order valence-electron chi connectivity index (χ2n) is 6.40. The summed E-state index contributed by atoms with van der Waals surface area (Å²) in [5, 5.41) is 4.13. The van der Waals surface area contributed by atoms with Crippen LogP contribution in [0.25, 0.3) is 5.69 Å². The summed E-state index contributed by atoms with van der Waals surface area (Å²) in [6.45, 7) is 4.07. The van der Waals surface area contributed by atoms with Gasteiger partial charge in [0.1, 0.15) is 0 Å². The van der Waals surface area contributed by atoms with Gasteiger partial charge in [-0.2, -0.15) is 5.10 Å². The number of halogens is 1. The summed E-state index contributed by atoms with van der Waals surface area (Å²) in [7, 11) is 1.51. The van der Waals surface area contributed by atoms with Crippen molar-refractivity contribution in [3.63, 3.8) is 0 Å². The van der Waals surface area contributed by atoms with Crippen molar-refractivity contribution in [1.29, 1.82) is 0 Å². The quantitative estimate of drug-likeness (QED) is 0.447. The number of hydrogen-bond acceptors (Lipinski definition) is 3. The number of carbonyl (C=O) groups is 1. The van der Waals surface area contributed by atoms with E-state index in [2.05, 4.69) is 43.2 Å². The highest BCUT2D eigenvalue weighted by Crippen LogP contribution is 2.21. The zero-order valence-corrected chi connectivity index (χ0v) is 17.6. The molecule has 0 aliphatic rings. The van der Waals surface area contributed by atoms with Crippen molar-refractivity contribution in [2.24, 2.45) is 5.10 Å². The average Bonchev–Trinajstić information content (AvgIpc) is 2.97. The Hall–Kier alpha value is -2.70. The molecule has 0 saturated heterocycles. The molecule has 28 heavy (non-hydrogen) atoms. The molecular formula is C22H22BrN3O2. The minimum absolute atomic E-state index is 0.313. The molecule has 1 aromatic heterocycles. The van der Waals surface area contributed by atoms with Gasteiger partial charge in [-0.25, -0.2) is 5.43 Å². The standard InChI is InChI=1S/C22H22BrN3O2/c1-15-13-18(16(2)26(15)20-11-9-19(23)10-12-20)14-24-25-22(27)21(28-3)17-7-5-4-6-8-17/h4-14,21H,1-3H3,(H,25,27)/b24-14-/t21-/m0/s1. The molecule has 1 N–H and O–H groups in total. The van der Waals surface area contributed by atoms with Crippen molar-refractivity contribution in [1.82, 2.24) is 9.99 Å². The second-order valence-corrected chi connectivity index (χ2v) is 7.31. The predicted octanol–water partition coefficient (Wildman–Crippen LogP) is 4.69. The minimum atomic E-state index is -0.700. The second kappa shape index (κ2) is 8.99. The highest BCUT2D eigenvalue weighted by molar-refractivity contribution is 9.10. The zero-order valence-electron chi connectivity index (χ0n) is 16.0. The van der Waals surface area contributed by atoms with Crippen molar-refractivity contribution >= 4 is 28.1 Å². The van der Waals surface area contributed by atoms with Crippen molar-refractivity contribution in [3.05, 3.63) is 87.7 Å². The van der Waals surface area contributed by atoms with E-state index in [9.17, 15) is 4.79 Å². The summed E-state index contributed by atoms with van der Waals surface area (Å²) in [4.78, 5) is 12.4. The smallest absolute Gasteiger partial charge is 0.273 e. The first-order valence-electron chi connectivity index (χ1n) is 8.87. The third-order valence-corrected chi connectivity index (χ3v) is 5.04. The summed E-state index contributed by atoms with van der Waals surface area (Å²) >= 11 is 3.46. The Kier molecular flexibility index (Phi) is 6.44. The van der Waals surface area contributed by atoms with E-state index in [-0.39, 0.29) is 5.91 Å². The highest BCUT2D eigenvalue weighted by atomic mass is 79.9. The summed E-state index contributed by atoms with van der Waals surface area (Å²) in [5.74, 6) is -0.313. The van der Waals surface area contributed by atoms with Crippen LogP contribution >= 0.6 is 15.9 Å². The van der Waals surface area contributed by atoms with Crippen molar-refractivity contribution < 1.29 is 9.53 Å². The van der Waals surface area contributed by atoms with E-state index in [0.717, 1.165) is 32.7 Å². The molecule has 2 aromatic carbocycles. The Morgan fingerprint density at radius 2 is 1.82 bits per heavy atom. The predicted molar refractivity (Wildman–Crippen MR) is 115 cm³/mol. The molecule has 1 heterocycles. The first-order valence-corrected chi connectivity index (χ1v) is 9.66. The summed E-state index contributed by atoms with van der Waals surface area (Å²) in [5.41, 5.74) is 7.51. The molecule has 144 valence electrons. The molecule has 0 saturated carbocycles. The maximum Gasteiger partial charge on any atom is 0.273 e. The van der Waals surface area contributed by atoms with Crippen molar-refractivity contribution in [2.45, 2.75) is 20.0 Å². The molecule has 6 heteroatoms. The van der Waals surface area contributed by atoms with Crippen LogP contribution < -0.4 is 5.43 Å². The number of nitrogens with zero attached hydrogens (tertiary/aromatic N) is 2. The molecule has 5 nitrogen and oxygen atoms in total. The highest BCUT2D eigenvalue weighted by Gasteiger charge is 2.19. The fourth-order valence-electron chi connectivity index (χ4n) is 3.15. The normalized spacial score (nSPS) is 12.3. The SMILES string of the molecule is CO[C@H](C(=O)N/N=C\c1cc(C)n(-c2ccc(Br)cc2)c1C)c1ccccc1. The van der Waals surface area contributed by atoms with E-state index in [1.54, 1.807) is 6.21 Å². The largest absolute Gasteiger partial charge is 0.367 e. The van der Waals surface area contributed by atoms with Gasteiger partial charge in [0.05, 0.1) is 6.21 Å². The monoisotopic (exact) mass is 439 g/mol. The van der Waals surface area contributed by atoms with E-state index in [1.807, 2.05) is 62.4 Å². The Balaban J connectivity index is 1.75. The van der Waals surface area contributed by atoms with Gasteiger partial charge in [0.2, 0.25) is 0 Å². The van der Waals surface area contributed by atoms with Crippen LogP contribution in [-0.2, 0) is 9.53 Å². The summed E-state index contributed by atoms with van der Waals surface area (Å²) in [6, 6.07) is 19.5. The van der Waals surface area contributed by atoms with Crippen LogP contribution in [0.5, 0.6) is 0 Å². The minimum Gasteiger partial charge on any atom is -0.367 e. The van der Waals surface area contributed by atoms with Gasteiger partial charge in [0.25, 0.3) is 5.91 Å². The summed E-state index contributed by atoms with van der Waals surface area (Å²) < 4.78 is 8.51. The maximum atomic E-state index is 12.4. The fraction of sp³-hybridized carbons (Fsp3) is 0.182. The van der Waals surface area contributed by atoms with E-state index in [0.29, 0.717) is 0 Å². The van der Waals surface area contributed by atoms with Crippen molar-refractivity contribution in [3.8, 4) is 5.69 Å². The number of amides is 1. The first-order chi connectivity index (χ1) is 13.5. The Labute approximate surface area is 173 Å². The number of hydrogen-bond donors (Lipinski definition) is 1. The number of nitrogens with one attached hydrogen (secondary N) is 1. The van der Waals surface area contributed by atoms with Gasteiger partial charge in [-0.1, -0.05) is 46.3 Å². The molecule has 1 amide bonds. The topological polar surface area (TPSA) is 55.6 Å². The molecule has 0 spiro atoms. The molecule has 0 aliphatic heterocycles. The zero-order chi connectivity index (χ0) is 20.1. The Morgan fingerprint density at radius 1 is 1.14 bits per heavy atom. The summed E-state index contributed by atoms with van der Waals surface area (Å²) in [6.07, 6.45) is 0.960. The lowest BCUT2D eigenvalue weighted by molar-refractivity contribution is -0.131. The van der Waals surface area contributed by atoms with Gasteiger partial charge in [-0.05, 0) is 49.7 Å². The van der Waals surface area contributed by atoms with E-state index in [1.165, 1.54) is 7.11 Å². The van der Waals surface area contributed by atoms with Crippen LogP contribution in [0.1, 0.15) is 28.6 Å². The molecule has 3 rings (SSSR count). The first kappa shape index (κ1) is 20.0. The van der Waals surface area contributed by atoms with Gasteiger partial charge in [-0.15, -0.1) is 0 Å². The molecule has 1 atom stereocenters. The van der Waals surface area contributed by atoms with Gasteiger partial charge in [0, 0.05) is 34.2 Å². The third-order valence-electron chi connectivity index (χ3n) is 4.51. The molecule has 3 aromatic rings. The molecule has 0 aliphatic carbocycles. The lowest BCUT2D eigenvalue weighted by Gasteiger charge is -2.13. The maximum absolute atomic E-state index is 12.4. The van der Waals surface area contributed by atoms with Crippen LogP contribution in [0.3, 0.4) is 0 Å². The van der Waals surface area contributed by atoms with Crippen LogP contribution in [-0.4, -0.2) is 23.8 Å². The van der Waals surface area contributed by atoms with E-state index in [4.69, 9.17) is 4.74 Å². The molecular weight excluding hydrogens is 418 g/mol. The average molecular weight is 440 g/mol. The van der Waals surface area contributed by atoms with E-state index < -0.39 is 6.10 Å². The fourth-order valence-corrected chi connectivity index (χ4v) is 3.42. The number of benzene rings is 2. The number of rotatable bonds is 6. The molecule has 0 radical (unpaired) electrons. The van der Waals surface area contributed by atoms with Gasteiger partial charge >= 0.3 is 0 Å². The number of aromatic nitrogens is 1. The number of hydrazone groups is 1. The lowest BCUT2D eigenvalue weighted by atomic mass is 10.1. The van der Waals surface area contributed by atoms with Crippen LogP contribution in [0.2, 0.25) is 0 Å². The van der Waals surface area contributed by atoms with Gasteiger partial charge in [0.15, 0.2) is 6.10 Å². The van der Waals surface area contributed by atoms with Gasteiger partial charge < -0.3 is 9.30 Å². The van der Waals surface area contributed by atoms with Crippen LogP contribution in [0.15, 0.2) is 70.2 Å². The van der Waals surface area contributed by atoms with Crippen LogP contribution in [0, 0.1) is 13.8 Å². The molecule has 0 unspecified atom stereocenters. The lowest BCUT2D eigenvalue weighted by Crippen LogP contribution is -2.26. The van der Waals surface area contributed by atoms with Gasteiger partial charge in [-0.3, -0.25) is 4.79 Å². The number of ether oxygens (including phenoxy) is 1. The molecule has 0 fully saturated rings.